The highest BCUT2D eigenvalue weighted by atomic mass is 127. The first-order chi connectivity index (χ1) is 25.8. The number of aliphatic carboxylic acids is 1. The minimum absolute atomic E-state index is 0.000624. The normalized spacial score (nSPS) is 21.8. The smallest absolute Gasteiger partial charge is 0.407 e. The number of halogens is 1. The van der Waals surface area contributed by atoms with E-state index in [0.717, 1.165) is 13.0 Å². The summed E-state index contributed by atoms with van der Waals surface area (Å²) in [5.41, 5.74) is 5.42. The molecule has 23 heteroatoms. The molecule has 2 heterocycles. The molecule has 4 amide bonds. The van der Waals surface area contributed by atoms with Crippen LogP contribution in [0.3, 0.4) is 0 Å². The Morgan fingerprint density at radius 2 is 1.63 bits per heavy atom. The highest BCUT2D eigenvalue weighted by Gasteiger charge is 2.46. The number of carbonyl (C=O) groups excluding carboxylic acids is 5. The third kappa shape index (κ3) is 16.2. The van der Waals surface area contributed by atoms with E-state index in [0.29, 0.717) is 43.9 Å². The summed E-state index contributed by atoms with van der Waals surface area (Å²) in [4.78, 5) is 75.3. The number of aldehydes is 1. The van der Waals surface area contributed by atoms with Crippen molar-refractivity contribution in [2.24, 2.45) is 17.6 Å². The number of alkyl carbamates (subject to hydrolysis) is 1. The maximum absolute atomic E-state index is 12.9. The van der Waals surface area contributed by atoms with Crippen LogP contribution in [0.15, 0.2) is 11.8 Å². The zero-order chi connectivity index (χ0) is 40.0. The van der Waals surface area contributed by atoms with Crippen LogP contribution in [0.25, 0.3) is 0 Å². The highest BCUT2D eigenvalue weighted by molar-refractivity contribution is 14.1. The third-order valence-electron chi connectivity index (χ3n) is 7.95. The average Bonchev–Trinajstić information content (AvgIpc) is 3.57. The second-order valence-electron chi connectivity index (χ2n) is 11.9. The fourth-order valence-corrected chi connectivity index (χ4v) is 5.75. The molecule has 306 valence electrons. The molecule has 0 saturated carbocycles. The first-order valence-corrected chi connectivity index (χ1v) is 18.5. The summed E-state index contributed by atoms with van der Waals surface area (Å²) in [5.74, 6) is -5.87. The quantitative estimate of drug-likeness (QED) is 0.0107. The van der Waals surface area contributed by atoms with Crippen LogP contribution >= 0.6 is 22.6 Å². The molecule has 22 nitrogen and oxygen atoms in total. The molecule has 0 aromatic rings. The maximum atomic E-state index is 12.9. The van der Waals surface area contributed by atoms with Crippen molar-refractivity contribution in [1.29, 1.82) is 5.41 Å². The number of guanidine groups is 1. The first-order valence-electron chi connectivity index (χ1n) is 16.9. The van der Waals surface area contributed by atoms with Crippen LogP contribution in [0, 0.1) is 17.2 Å². The summed E-state index contributed by atoms with van der Waals surface area (Å²) in [6, 6.07) is -2.43. The molecule has 2 aliphatic rings. The summed E-state index contributed by atoms with van der Waals surface area (Å²) in [7, 11) is 0. The average molecular weight is 888 g/mol. The van der Waals surface area contributed by atoms with Crippen molar-refractivity contribution < 1.29 is 72.5 Å². The van der Waals surface area contributed by atoms with Gasteiger partial charge < -0.3 is 80.4 Å². The van der Waals surface area contributed by atoms with Crippen molar-refractivity contribution in [3.8, 4) is 0 Å². The van der Waals surface area contributed by atoms with Gasteiger partial charge in [0.2, 0.25) is 23.5 Å². The van der Waals surface area contributed by atoms with Crippen LogP contribution in [0.2, 0.25) is 0 Å². The number of carbonyl (C=O) groups is 6. The summed E-state index contributed by atoms with van der Waals surface area (Å²) in [6.07, 6.45) is -4.70. The van der Waals surface area contributed by atoms with Gasteiger partial charge in [0.15, 0.2) is 18.2 Å². The molecule has 10 N–H and O–H groups in total. The number of aliphatic hydroxyl groups is 2. The molecule has 1 saturated heterocycles. The van der Waals surface area contributed by atoms with Crippen LogP contribution in [0.1, 0.15) is 13.3 Å². The summed E-state index contributed by atoms with van der Waals surface area (Å²) in [5, 5.41) is 47.2. The van der Waals surface area contributed by atoms with E-state index in [1.165, 1.54) is 4.90 Å². The second-order valence-corrected chi connectivity index (χ2v) is 12.5. The van der Waals surface area contributed by atoms with E-state index in [4.69, 9.17) is 39.6 Å². The molecular weight excluding hydrogens is 837 g/mol. The minimum Gasteiger partial charge on any atom is -0.477 e. The van der Waals surface area contributed by atoms with Crippen LogP contribution in [0.4, 0.5) is 4.79 Å². The highest BCUT2D eigenvalue weighted by Crippen LogP contribution is 2.25. The van der Waals surface area contributed by atoms with Crippen LogP contribution in [0.5, 0.6) is 0 Å². The molecule has 7 atom stereocenters. The van der Waals surface area contributed by atoms with E-state index in [9.17, 15) is 44.1 Å². The van der Waals surface area contributed by atoms with E-state index in [1.54, 1.807) is 0 Å². The van der Waals surface area contributed by atoms with Gasteiger partial charge in [-0.1, -0.05) is 22.6 Å². The van der Waals surface area contributed by atoms with E-state index in [1.807, 2.05) is 0 Å². The molecule has 2 rings (SSSR count). The van der Waals surface area contributed by atoms with Gasteiger partial charge in [-0.25, -0.2) is 9.59 Å². The van der Waals surface area contributed by atoms with Crippen molar-refractivity contribution in [1.82, 2.24) is 26.2 Å². The van der Waals surface area contributed by atoms with Gasteiger partial charge in [-0.2, -0.15) is 0 Å². The van der Waals surface area contributed by atoms with Crippen LogP contribution < -0.4 is 27.0 Å². The fourth-order valence-electron chi connectivity index (χ4n) is 5.44. The zero-order valence-corrected chi connectivity index (χ0v) is 31.9. The first kappa shape index (κ1) is 46.3. The van der Waals surface area contributed by atoms with Crippen LogP contribution in [-0.4, -0.2) is 176 Å². The number of hydrogen-bond acceptors (Lipinski definition) is 15. The Hall–Kier alpha value is -3.88. The maximum Gasteiger partial charge on any atom is 0.407 e. The summed E-state index contributed by atoms with van der Waals surface area (Å²) < 4.78 is 32.7. The van der Waals surface area contributed by atoms with Crippen molar-refractivity contribution in [3.63, 3.8) is 0 Å². The van der Waals surface area contributed by atoms with E-state index < -0.39 is 84.4 Å². The monoisotopic (exact) mass is 887 g/mol. The van der Waals surface area contributed by atoms with Gasteiger partial charge in [0.05, 0.1) is 81.9 Å². The summed E-state index contributed by atoms with van der Waals surface area (Å²) >= 11 is 2.10. The number of aliphatic hydroxyl groups excluding tert-OH is 2. The summed E-state index contributed by atoms with van der Waals surface area (Å²) in [6.45, 7) is 2.37. The second kappa shape index (κ2) is 25.2. The lowest BCUT2D eigenvalue weighted by atomic mass is 9.92. The Labute approximate surface area is 324 Å². The lowest BCUT2D eigenvalue weighted by molar-refractivity contribution is -0.146. The molecule has 1 fully saturated rings. The molecule has 0 bridgehead atoms. The van der Waals surface area contributed by atoms with Crippen molar-refractivity contribution in [3.05, 3.63) is 11.8 Å². The lowest BCUT2D eigenvalue weighted by Gasteiger charge is -2.41. The fraction of sp³-hybridized carbons (Fsp3) is 0.710. The third-order valence-corrected chi connectivity index (χ3v) is 8.39. The number of nitrogens with one attached hydrogen (secondary N) is 5. The molecule has 2 aliphatic heterocycles. The number of carboxylic acid groups (broad SMARTS) is 1. The van der Waals surface area contributed by atoms with Crippen molar-refractivity contribution in [2.45, 2.75) is 43.7 Å². The molecular formula is C31H50IN7O15. The number of hydrogen-bond donors (Lipinski definition) is 9. The minimum atomic E-state index is -1.83. The van der Waals surface area contributed by atoms with Gasteiger partial charge in [-0.3, -0.25) is 19.8 Å². The number of alkyl halides is 1. The van der Waals surface area contributed by atoms with Gasteiger partial charge in [-0.15, -0.1) is 0 Å². The zero-order valence-electron chi connectivity index (χ0n) is 29.7. The predicted octanol–water partition coefficient (Wildman–Crippen LogP) is -3.60. The van der Waals surface area contributed by atoms with E-state index in [-0.39, 0.29) is 51.7 Å². The molecule has 0 aliphatic carbocycles. The van der Waals surface area contributed by atoms with E-state index in [2.05, 4.69) is 43.9 Å². The number of rotatable bonds is 25. The molecule has 0 unspecified atom stereocenters. The Morgan fingerprint density at radius 3 is 2.19 bits per heavy atom. The Bertz CT molecular complexity index is 1300. The molecule has 0 spiro atoms. The number of nitrogens with two attached hydrogens (primary N) is 1. The number of ether oxygens (including phenoxy) is 6. The number of likely N-dealkylation sites (tertiary alicyclic amines) is 1. The van der Waals surface area contributed by atoms with Gasteiger partial charge in [-0.05, 0) is 6.08 Å². The number of amides is 4. The predicted molar refractivity (Wildman–Crippen MR) is 193 cm³/mol. The van der Waals surface area contributed by atoms with Gasteiger partial charge >= 0.3 is 12.1 Å². The van der Waals surface area contributed by atoms with Gasteiger partial charge in [0.1, 0.15) is 12.4 Å². The molecule has 0 aromatic carbocycles. The van der Waals surface area contributed by atoms with E-state index >= 15 is 0 Å². The standard InChI is InChI=1S/C31H50IN7O15/c1-18(42)37-25-21(38-30(33)34)12-23(29(46)47)53-27(25)26(22(43)16-41)54-31(48)36-4-3-35-28(45)20-14-39(13-19(20)15-40)24(44)2-5-49-6-7-50-8-9-51-10-11-52-17-32/h12,15,19-22,25-27,41,43H,2-11,13-14,16-17H2,1H3,(H,35,45)(H,36,48)(H,37,42)(H,46,47)(H4,33,34,38)/t19-,20-,21-,22+,25+,26+,27+/m0/s1. The number of nitrogens with zero attached hydrogens (tertiary/aromatic N) is 1. The molecule has 0 aromatic heterocycles. The van der Waals surface area contributed by atoms with Crippen LogP contribution in [-0.2, 0) is 52.4 Å². The largest absolute Gasteiger partial charge is 0.477 e. The molecule has 54 heavy (non-hydrogen) atoms. The number of carboxylic acids is 1. The lowest BCUT2D eigenvalue weighted by Crippen LogP contribution is -2.65. The van der Waals surface area contributed by atoms with Gasteiger partial charge in [0, 0.05) is 39.0 Å². The molecule has 0 radical (unpaired) electrons. The Balaban J connectivity index is 1.83. The van der Waals surface area contributed by atoms with Crippen molar-refractivity contribution in [2.75, 3.05) is 83.6 Å². The van der Waals surface area contributed by atoms with Gasteiger partial charge in [0.25, 0.3) is 0 Å². The Kier molecular flexibility index (Phi) is 21.6. The SMILES string of the molecule is CC(=O)N[C@H]1[C@H]([C@H](OC(=O)NCCNC(=O)[C@H]2CN(C(=O)CCOCCOCCOCCOCI)C[C@H]2C=O)[C@H](O)CO)OC(C(=O)O)=C[C@@H]1NC(=N)N. The Morgan fingerprint density at radius 1 is 1.02 bits per heavy atom. The topological polar surface area (TPSA) is 320 Å². The van der Waals surface area contributed by atoms with Crippen molar-refractivity contribution >= 4 is 64.6 Å².